The number of hydrogen-bond donors (Lipinski definition) is 2. The minimum Gasteiger partial charge on any atom is -0.494 e. The van der Waals surface area contributed by atoms with Crippen molar-refractivity contribution in [2.45, 2.75) is 18.9 Å². The largest absolute Gasteiger partial charge is 0.494 e. The second-order valence-electron chi connectivity index (χ2n) is 2.90. The van der Waals surface area contributed by atoms with Crippen LogP contribution in [0.4, 0.5) is 0 Å². The van der Waals surface area contributed by atoms with Crippen LogP contribution in [0, 0.1) is 4.77 Å². The fourth-order valence-corrected chi connectivity index (χ4v) is 1.52. The van der Waals surface area contributed by atoms with E-state index >= 15 is 0 Å². The molecule has 2 rings (SSSR count). The number of hydrogen-bond acceptors (Lipinski definition) is 3. The summed E-state index contributed by atoms with van der Waals surface area (Å²) >= 11 is 4.89. The Morgan fingerprint density at radius 1 is 1.67 bits per heavy atom. The minimum atomic E-state index is -0.352. The highest BCUT2D eigenvalue weighted by molar-refractivity contribution is 7.71. The van der Waals surface area contributed by atoms with Crippen LogP contribution in [0.2, 0.25) is 0 Å². The van der Waals surface area contributed by atoms with Crippen LogP contribution in [0.3, 0.4) is 0 Å². The fourth-order valence-electron chi connectivity index (χ4n) is 1.18. The Morgan fingerprint density at radius 3 is 2.83 bits per heavy atom. The zero-order valence-electron chi connectivity index (χ0n) is 6.28. The molecule has 4 nitrogen and oxygen atoms in total. The zero-order chi connectivity index (χ0) is 8.72. The Morgan fingerprint density at radius 2 is 2.33 bits per heavy atom. The fraction of sp³-hybridized carbons (Fsp3) is 0.429. The van der Waals surface area contributed by atoms with Crippen molar-refractivity contribution in [1.82, 2.24) is 9.55 Å². The van der Waals surface area contributed by atoms with E-state index in [1.54, 1.807) is 4.57 Å². The summed E-state index contributed by atoms with van der Waals surface area (Å²) in [6.07, 6.45) is 2.04. The Kier molecular flexibility index (Phi) is 1.54. The Balaban J connectivity index is 2.67. The van der Waals surface area contributed by atoms with Crippen LogP contribution >= 0.6 is 12.2 Å². The molecule has 12 heavy (non-hydrogen) atoms. The van der Waals surface area contributed by atoms with Gasteiger partial charge >= 0.3 is 0 Å². The van der Waals surface area contributed by atoms with Gasteiger partial charge in [-0.15, -0.1) is 0 Å². The minimum absolute atomic E-state index is 0.0359. The van der Waals surface area contributed by atoms with E-state index in [2.05, 4.69) is 4.98 Å². The van der Waals surface area contributed by atoms with Crippen LogP contribution < -0.4 is 5.56 Å². The number of H-pyrrole nitrogens is 1. The van der Waals surface area contributed by atoms with Crippen molar-refractivity contribution < 1.29 is 5.11 Å². The Bertz CT molecular complexity index is 416. The van der Waals surface area contributed by atoms with Gasteiger partial charge in [0, 0.05) is 6.04 Å². The van der Waals surface area contributed by atoms with Gasteiger partial charge in [-0.1, -0.05) is 0 Å². The highest BCUT2D eigenvalue weighted by atomic mass is 32.1. The molecule has 1 heterocycles. The monoisotopic (exact) mass is 184 g/mol. The highest BCUT2D eigenvalue weighted by Crippen LogP contribution is 2.37. The van der Waals surface area contributed by atoms with E-state index in [1.165, 1.54) is 0 Å². The highest BCUT2D eigenvalue weighted by Gasteiger charge is 2.25. The van der Waals surface area contributed by atoms with Crippen LogP contribution in [0.15, 0.2) is 10.9 Å². The maximum Gasteiger partial charge on any atom is 0.255 e. The molecule has 1 aromatic rings. The van der Waals surface area contributed by atoms with E-state index in [9.17, 15) is 9.90 Å². The van der Waals surface area contributed by atoms with Gasteiger partial charge in [-0.25, -0.2) is 0 Å². The predicted octanol–water partition coefficient (Wildman–Crippen LogP) is 0.946. The predicted molar refractivity (Wildman–Crippen MR) is 45.8 cm³/mol. The Labute approximate surface area is 73.5 Å². The van der Waals surface area contributed by atoms with Gasteiger partial charge in [-0.2, -0.15) is 0 Å². The van der Waals surface area contributed by atoms with Gasteiger partial charge < -0.3 is 5.11 Å². The van der Waals surface area contributed by atoms with Gasteiger partial charge in [-0.3, -0.25) is 14.3 Å². The number of aromatic amines is 1. The lowest BCUT2D eigenvalue weighted by Crippen LogP contribution is -2.11. The molecule has 0 saturated heterocycles. The van der Waals surface area contributed by atoms with Crippen molar-refractivity contribution in [3.05, 3.63) is 21.2 Å². The van der Waals surface area contributed by atoms with Gasteiger partial charge in [0.15, 0.2) is 10.7 Å². The average Bonchev–Trinajstić information content (AvgIpc) is 2.68. The smallest absolute Gasteiger partial charge is 0.255 e. The third-order valence-electron chi connectivity index (χ3n) is 1.87. The molecule has 1 aliphatic carbocycles. The summed E-state index contributed by atoms with van der Waals surface area (Å²) in [7, 11) is 0. The van der Waals surface area contributed by atoms with Crippen LogP contribution in [0.25, 0.3) is 0 Å². The summed E-state index contributed by atoms with van der Waals surface area (Å²) in [5, 5.41) is 9.36. The van der Waals surface area contributed by atoms with Crippen LogP contribution in [0.5, 0.6) is 5.88 Å². The number of aromatic hydroxyl groups is 1. The van der Waals surface area contributed by atoms with Crippen LogP contribution in [0.1, 0.15) is 18.9 Å². The van der Waals surface area contributed by atoms with Crippen LogP contribution in [-0.4, -0.2) is 14.7 Å². The molecule has 0 bridgehead atoms. The summed E-state index contributed by atoms with van der Waals surface area (Å²) in [6.45, 7) is 0. The lowest BCUT2D eigenvalue weighted by Gasteiger charge is -2.05. The van der Waals surface area contributed by atoms with Crippen molar-refractivity contribution in [3.63, 3.8) is 0 Å². The summed E-state index contributed by atoms with van der Waals surface area (Å²) in [5.74, 6) is -0.0359. The molecule has 1 fully saturated rings. The molecule has 0 unspecified atom stereocenters. The van der Waals surface area contributed by atoms with Crippen LogP contribution in [-0.2, 0) is 0 Å². The first-order chi connectivity index (χ1) is 5.68. The summed E-state index contributed by atoms with van der Waals surface area (Å²) < 4.78 is 1.89. The molecule has 0 aliphatic heterocycles. The second kappa shape index (κ2) is 2.45. The molecule has 0 amide bonds. The molecule has 64 valence electrons. The topological polar surface area (TPSA) is 58.0 Å². The van der Waals surface area contributed by atoms with Crippen molar-refractivity contribution in [1.29, 1.82) is 0 Å². The molecule has 0 spiro atoms. The van der Waals surface area contributed by atoms with Gasteiger partial charge in [0.1, 0.15) is 0 Å². The maximum atomic E-state index is 10.8. The number of aromatic nitrogens is 2. The van der Waals surface area contributed by atoms with E-state index < -0.39 is 0 Å². The normalized spacial score (nSPS) is 16.3. The first kappa shape index (κ1) is 7.54. The van der Waals surface area contributed by atoms with E-state index in [4.69, 9.17) is 12.2 Å². The third kappa shape index (κ3) is 1.16. The van der Waals surface area contributed by atoms with E-state index in [0.717, 1.165) is 18.9 Å². The third-order valence-corrected chi connectivity index (χ3v) is 2.17. The molecule has 5 heteroatoms. The number of rotatable bonds is 1. The molecule has 0 radical (unpaired) electrons. The zero-order valence-corrected chi connectivity index (χ0v) is 7.10. The summed E-state index contributed by atoms with van der Waals surface area (Å²) in [6, 6.07) is 1.43. The van der Waals surface area contributed by atoms with Crippen molar-refractivity contribution in [2.24, 2.45) is 0 Å². The molecule has 1 aliphatic rings. The van der Waals surface area contributed by atoms with E-state index in [-0.39, 0.29) is 17.5 Å². The maximum absolute atomic E-state index is 10.8. The molecule has 0 atom stereocenters. The molecular weight excluding hydrogens is 176 g/mol. The Hall–Kier alpha value is -1.10. The quantitative estimate of drug-likeness (QED) is 0.639. The van der Waals surface area contributed by atoms with Gasteiger partial charge in [-0.05, 0) is 25.1 Å². The molecule has 2 N–H and O–H groups in total. The second-order valence-corrected chi connectivity index (χ2v) is 3.28. The number of nitrogens with zero attached hydrogens (tertiary/aromatic N) is 1. The average molecular weight is 184 g/mol. The standard InChI is InChI=1S/C7H8N2O2S/c10-5-3-6(11)9(4-1-2-4)7(12)8-5/h3-4,11H,1-2H2,(H,8,10,12). The molecular formula is C7H8N2O2S. The first-order valence-electron chi connectivity index (χ1n) is 3.73. The van der Waals surface area contributed by atoms with E-state index in [1.807, 2.05) is 0 Å². The van der Waals surface area contributed by atoms with Gasteiger partial charge in [0.2, 0.25) is 0 Å². The van der Waals surface area contributed by atoms with Gasteiger partial charge in [0.25, 0.3) is 5.56 Å². The van der Waals surface area contributed by atoms with Gasteiger partial charge in [0.05, 0.1) is 6.07 Å². The SMILES string of the molecule is O=c1cc(O)n(C2CC2)c(=S)[nH]1. The summed E-state index contributed by atoms with van der Waals surface area (Å²) in [4.78, 5) is 13.3. The van der Waals surface area contributed by atoms with E-state index in [0.29, 0.717) is 4.77 Å². The molecule has 1 saturated carbocycles. The number of nitrogens with one attached hydrogen (secondary N) is 1. The molecule has 1 aromatic heterocycles. The first-order valence-corrected chi connectivity index (χ1v) is 4.14. The van der Waals surface area contributed by atoms with Crippen molar-refractivity contribution in [2.75, 3.05) is 0 Å². The lowest BCUT2D eigenvalue weighted by atomic mass is 10.5. The lowest BCUT2D eigenvalue weighted by molar-refractivity contribution is 0.406. The van der Waals surface area contributed by atoms with Crippen molar-refractivity contribution >= 4 is 12.2 Å². The molecule has 0 aromatic carbocycles. The van der Waals surface area contributed by atoms with Crippen molar-refractivity contribution in [3.8, 4) is 5.88 Å². The summed E-state index contributed by atoms with van der Waals surface area (Å²) in [5.41, 5.74) is -0.352.